The Morgan fingerprint density at radius 3 is 2.82 bits per heavy atom. The number of hydrogen-bond donors (Lipinski definition) is 1. The summed E-state index contributed by atoms with van der Waals surface area (Å²) in [6.07, 6.45) is 2.21. The molecule has 1 saturated carbocycles. The molecule has 1 aliphatic carbocycles. The minimum atomic E-state index is -0.783. The molecular formula is C13H15NO3. The number of benzene rings is 1. The van der Waals surface area contributed by atoms with Crippen molar-refractivity contribution in [2.24, 2.45) is 0 Å². The summed E-state index contributed by atoms with van der Waals surface area (Å²) in [5, 5.41) is 9.46. The molecule has 0 saturated heterocycles. The van der Waals surface area contributed by atoms with Crippen molar-refractivity contribution >= 4 is 5.97 Å². The van der Waals surface area contributed by atoms with E-state index in [-0.39, 0.29) is 0 Å². The van der Waals surface area contributed by atoms with E-state index >= 15 is 0 Å². The summed E-state index contributed by atoms with van der Waals surface area (Å²) in [5.41, 5.74) is 0.782. The van der Waals surface area contributed by atoms with Gasteiger partial charge in [-0.25, -0.2) is 0 Å². The molecule has 1 N–H and O–H groups in total. The van der Waals surface area contributed by atoms with E-state index in [2.05, 4.69) is 4.90 Å². The summed E-state index contributed by atoms with van der Waals surface area (Å²) >= 11 is 0. The third-order valence-corrected chi connectivity index (χ3v) is 3.40. The SMILES string of the molecule is O=C(O)C1c2ccccc2OCCN1C1CC1. The molecule has 0 spiro atoms. The molecule has 2 aliphatic rings. The van der Waals surface area contributed by atoms with Crippen LogP contribution in [0.1, 0.15) is 24.4 Å². The lowest BCUT2D eigenvalue weighted by molar-refractivity contribution is -0.143. The van der Waals surface area contributed by atoms with Crippen molar-refractivity contribution in [3.63, 3.8) is 0 Å². The van der Waals surface area contributed by atoms with Gasteiger partial charge in [0.2, 0.25) is 0 Å². The molecule has 1 heterocycles. The minimum Gasteiger partial charge on any atom is -0.492 e. The van der Waals surface area contributed by atoms with Gasteiger partial charge in [-0.15, -0.1) is 0 Å². The summed E-state index contributed by atoms with van der Waals surface area (Å²) in [6.45, 7) is 1.26. The smallest absolute Gasteiger partial charge is 0.325 e. The maximum Gasteiger partial charge on any atom is 0.325 e. The lowest BCUT2D eigenvalue weighted by Crippen LogP contribution is -2.36. The third-order valence-electron chi connectivity index (χ3n) is 3.40. The fourth-order valence-electron chi connectivity index (χ4n) is 2.48. The molecule has 1 aromatic carbocycles. The summed E-state index contributed by atoms with van der Waals surface area (Å²) in [4.78, 5) is 13.6. The van der Waals surface area contributed by atoms with Gasteiger partial charge >= 0.3 is 5.97 Å². The number of carboxylic acids is 1. The zero-order valence-electron chi connectivity index (χ0n) is 9.50. The molecule has 1 aromatic rings. The molecule has 0 aromatic heterocycles. The van der Waals surface area contributed by atoms with Crippen molar-refractivity contribution < 1.29 is 14.6 Å². The second-order valence-corrected chi connectivity index (χ2v) is 4.60. The fraction of sp³-hybridized carbons (Fsp3) is 0.462. The monoisotopic (exact) mass is 233 g/mol. The van der Waals surface area contributed by atoms with E-state index in [0.717, 1.165) is 18.4 Å². The maximum absolute atomic E-state index is 11.5. The van der Waals surface area contributed by atoms with Gasteiger partial charge in [0, 0.05) is 18.2 Å². The topological polar surface area (TPSA) is 49.8 Å². The number of nitrogens with zero attached hydrogens (tertiary/aromatic N) is 1. The summed E-state index contributed by atoms with van der Waals surface area (Å²) < 4.78 is 5.63. The second kappa shape index (κ2) is 4.04. The van der Waals surface area contributed by atoms with Gasteiger partial charge in [-0.1, -0.05) is 18.2 Å². The number of aliphatic carboxylic acids is 1. The summed E-state index contributed by atoms with van der Waals surface area (Å²) in [6, 6.07) is 7.32. The quantitative estimate of drug-likeness (QED) is 0.844. The molecule has 1 unspecified atom stereocenters. The Balaban J connectivity index is 2.03. The molecule has 1 atom stereocenters. The lowest BCUT2D eigenvalue weighted by Gasteiger charge is -2.26. The predicted octanol–water partition coefficient (Wildman–Crippen LogP) is 1.67. The van der Waals surface area contributed by atoms with Crippen LogP contribution in [0.4, 0.5) is 0 Å². The highest BCUT2D eigenvalue weighted by atomic mass is 16.5. The maximum atomic E-state index is 11.5. The molecule has 3 rings (SSSR count). The number of hydrogen-bond acceptors (Lipinski definition) is 3. The first-order chi connectivity index (χ1) is 8.27. The van der Waals surface area contributed by atoms with E-state index in [1.807, 2.05) is 24.3 Å². The van der Waals surface area contributed by atoms with Gasteiger partial charge in [0.1, 0.15) is 18.4 Å². The van der Waals surface area contributed by atoms with Crippen LogP contribution in [0.2, 0.25) is 0 Å². The summed E-state index contributed by atoms with van der Waals surface area (Å²) in [7, 11) is 0. The highest BCUT2D eigenvalue weighted by Gasteiger charge is 2.40. The van der Waals surface area contributed by atoms with E-state index < -0.39 is 12.0 Å². The van der Waals surface area contributed by atoms with Crippen molar-refractivity contribution in [3.05, 3.63) is 29.8 Å². The van der Waals surface area contributed by atoms with Crippen LogP contribution in [0.15, 0.2) is 24.3 Å². The first kappa shape index (κ1) is 10.6. The van der Waals surface area contributed by atoms with Gasteiger partial charge in [0.15, 0.2) is 0 Å². The van der Waals surface area contributed by atoms with Crippen LogP contribution in [0.3, 0.4) is 0 Å². The summed E-state index contributed by atoms with van der Waals surface area (Å²) in [5.74, 6) is -0.0714. The van der Waals surface area contributed by atoms with Gasteiger partial charge in [0.25, 0.3) is 0 Å². The van der Waals surface area contributed by atoms with Gasteiger partial charge in [0.05, 0.1) is 0 Å². The van der Waals surface area contributed by atoms with E-state index in [1.165, 1.54) is 0 Å². The van der Waals surface area contributed by atoms with Gasteiger partial charge in [-0.2, -0.15) is 0 Å². The lowest BCUT2D eigenvalue weighted by atomic mass is 10.0. The average molecular weight is 233 g/mol. The fourth-order valence-corrected chi connectivity index (χ4v) is 2.48. The second-order valence-electron chi connectivity index (χ2n) is 4.60. The highest BCUT2D eigenvalue weighted by Crippen LogP contribution is 2.39. The Bertz CT molecular complexity index is 442. The number of carboxylic acid groups (broad SMARTS) is 1. The van der Waals surface area contributed by atoms with Crippen LogP contribution >= 0.6 is 0 Å². The minimum absolute atomic E-state index is 0.422. The van der Waals surface area contributed by atoms with Crippen LogP contribution in [-0.2, 0) is 4.79 Å². The predicted molar refractivity (Wildman–Crippen MR) is 62.0 cm³/mol. The molecule has 0 radical (unpaired) electrons. The van der Waals surface area contributed by atoms with Gasteiger partial charge in [-0.05, 0) is 18.9 Å². The molecule has 0 amide bonds. The molecule has 17 heavy (non-hydrogen) atoms. The molecule has 1 fully saturated rings. The number of para-hydroxylation sites is 1. The van der Waals surface area contributed by atoms with Crippen LogP contribution in [0.25, 0.3) is 0 Å². The Morgan fingerprint density at radius 1 is 1.35 bits per heavy atom. The number of rotatable bonds is 2. The average Bonchev–Trinajstić information content (AvgIpc) is 3.14. The normalized spacial score (nSPS) is 24.6. The molecule has 1 aliphatic heterocycles. The van der Waals surface area contributed by atoms with E-state index in [0.29, 0.717) is 24.9 Å². The standard InChI is InChI=1S/C13H15NO3/c15-13(16)12-10-3-1-2-4-11(10)17-8-7-14(12)9-5-6-9/h1-4,9,12H,5-8H2,(H,15,16). The van der Waals surface area contributed by atoms with Crippen molar-refractivity contribution in [1.82, 2.24) is 4.90 Å². The first-order valence-electron chi connectivity index (χ1n) is 5.97. The Hall–Kier alpha value is -1.55. The zero-order valence-corrected chi connectivity index (χ0v) is 9.50. The van der Waals surface area contributed by atoms with Crippen molar-refractivity contribution in [1.29, 1.82) is 0 Å². The molecule has 0 bridgehead atoms. The van der Waals surface area contributed by atoms with E-state index in [4.69, 9.17) is 4.74 Å². The Kier molecular flexibility index (Phi) is 2.52. The van der Waals surface area contributed by atoms with Crippen LogP contribution in [0.5, 0.6) is 5.75 Å². The first-order valence-corrected chi connectivity index (χ1v) is 5.97. The third kappa shape index (κ3) is 1.89. The van der Waals surface area contributed by atoms with Crippen LogP contribution < -0.4 is 4.74 Å². The largest absolute Gasteiger partial charge is 0.492 e. The molecule has 4 heteroatoms. The van der Waals surface area contributed by atoms with E-state index in [1.54, 1.807) is 0 Å². The van der Waals surface area contributed by atoms with E-state index in [9.17, 15) is 9.90 Å². The molecule has 4 nitrogen and oxygen atoms in total. The van der Waals surface area contributed by atoms with Crippen molar-refractivity contribution in [2.75, 3.05) is 13.2 Å². The number of ether oxygens (including phenoxy) is 1. The Morgan fingerprint density at radius 2 is 2.12 bits per heavy atom. The highest BCUT2D eigenvalue weighted by molar-refractivity contribution is 5.77. The Labute approximate surface area is 99.8 Å². The zero-order chi connectivity index (χ0) is 11.8. The number of fused-ring (bicyclic) bond motifs is 1. The van der Waals surface area contributed by atoms with Crippen molar-refractivity contribution in [2.45, 2.75) is 24.9 Å². The number of carbonyl (C=O) groups is 1. The van der Waals surface area contributed by atoms with Gasteiger partial charge in [-0.3, -0.25) is 9.69 Å². The van der Waals surface area contributed by atoms with Crippen molar-refractivity contribution in [3.8, 4) is 5.75 Å². The van der Waals surface area contributed by atoms with Crippen LogP contribution in [-0.4, -0.2) is 35.2 Å². The molecule has 90 valence electrons. The molecular weight excluding hydrogens is 218 g/mol. The van der Waals surface area contributed by atoms with Gasteiger partial charge < -0.3 is 9.84 Å². The van der Waals surface area contributed by atoms with Crippen LogP contribution in [0, 0.1) is 0 Å².